The lowest BCUT2D eigenvalue weighted by Gasteiger charge is -2.22. The molecule has 2 rings (SSSR count). The van der Waals surface area contributed by atoms with Gasteiger partial charge in [0.05, 0.1) is 11.5 Å². The van der Waals surface area contributed by atoms with Crippen molar-refractivity contribution in [2.45, 2.75) is 26.8 Å². The van der Waals surface area contributed by atoms with Crippen molar-refractivity contribution in [3.63, 3.8) is 0 Å². The minimum atomic E-state index is -0.451. The molecule has 0 unspecified atom stereocenters. The minimum Gasteiger partial charge on any atom is -0.353 e. The van der Waals surface area contributed by atoms with Crippen LogP contribution in [-0.2, 0) is 13.6 Å². The fraction of sp³-hybridized carbons (Fsp3) is 0.353. The zero-order chi connectivity index (χ0) is 17.0. The van der Waals surface area contributed by atoms with Gasteiger partial charge >= 0.3 is 0 Å². The van der Waals surface area contributed by atoms with E-state index < -0.39 is 4.92 Å². The maximum absolute atomic E-state index is 12.8. The highest BCUT2D eigenvalue weighted by atomic mass is 16.6. The van der Waals surface area contributed by atoms with Crippen LogP contribution in [0.5, 0.6) is 0 Å². The Bertz CT molecular complexity index is 722. The topological polar surface area (TPSA) is 68.4 Å². The molecule has 0 aliphatic rings. The van der Waals surface area contributed by atoms with Gasteiger partial charge in [0, 0.05) is 42.7 Å². The number of nitro benzene ring substituents is 1. The molecular formula is C17H21N3O3. The molecule has 0 fully saturated rings. The van der Waals surface area contributed by atoms with Crippen LogP contribution < -0.4 is 0 Å². The number of aromatic nitrogens is 1. The molecule has 6 nitrogen and oxygen atoms in total. The number of nitrogens with zero attached hydrogens (tertiary/aromatic N) is 3. The highest BCUT2D eigenvalue weighted by Crippen LogP contribution is 2.21. The third-order valence-corrected chi connectivity index (χ3v) is 3.84. The van der Waals surface area contributed by atoms with Gasteiger partial charge in [0.15, 0.2) is 0 Å². The number of hydrogen-bond acceptors (Lipinski definition) is 3. The molecule has 1 aromatic carbocycles. The van der Waals surface area contributed by atoms with E-state index in [4.69, 9.17) is 0 Å². The average Bonchev–Trinajstić information content (AvgIpc) is 2.91. The van der Waals surface area contributed by atoms with Crippen molar-refractivity contribution in [1.82, 2.24) is 9.47 Å². The van der Waals surface area contributed by atoms with E-state index in [0.29, 0.717) is 24.2 Å². The Hall–Kier alpha value is -2.63. The van der Waals surface area contributed by atoms with Gasteiger partial charge in [0.2, 0.25) is 0 Å². The number of hydrogen-bond donors (Lipinski definition) is 0. The molecule has 0 saturated carbocycles. The van der Waals surface area contributed by atoms with Crippen molar-refractivity contribution < 1.29 is 9.72 Å². The zero-order valence-electron chi connectivity index (χ0n) is 13.7. The number of carbonyl (C=O) groups is 1. The van der Waals surface area contributed by atoms with E-state index in [1.807, 2.05) is 36.9 Å². The van der Waals surface area contributed by atoms with Gasteiger partial charge in [-0.05, 0) is 31.5 Å². The molecule has 6 heteroatoms. The lowest BCUT2D eigenvalue weighted by Crippen LogP contribution is -2.32. The first kappa shape index (κ1) is 16.7. The molecule has 2 aromatic rings. The molecule has 0 aliphatic heterocycles. The van der Waals surface area contributed by atoms with E-state index >= 15 is 0 Å². The summed E-state index contributed by atoms with van der Waals surface area (Å²) in [5.74, 6) is -0.184. The van der Waals surface area contributed by atoms with E-state index in [1.54, 1.807) is 24.0 Å². The fourth-order valence-corrected chi connectivity index (χ4v) is 2.50. The van der Waals surface area contributed by atoms with Crippen LogP contribution in [0.25, 0.3) is 0 Å². The molecule has 1 aromatic heterocycles. The number of benzene rings is 1. The third-order valence-electron chi connectivity index (χ3n) is 3.84. The highest BCUT2D eigenvalue weighted by Gasteiger charge is 2.20. The SMILES string of the molecule is CCCN(Cc1cccn1C)C(=O)c1ccc(C)c([N+](=O)[O-])c1. The van der Waals surface area contributed by atoms with Gasteiger partial charge < -0.3 is 9.47 Å². The summed E-state index contributed by atoms with van der Waals surface area (Å²) in [5.41, 5.74) is 1.90. The first-order chi connectivity index (χ1) is 10.9. The summed E-state index contributed by atoms with van der Waals surface area (Å²) in [6.45, 7) is 4.76. The maximum Gasteiger partial charge on any atom is 0.273 e. The van der Waals surface area contributed by atoms with Gasteiger partial charge in [0.25, 0.3) is 11.6 Å². The first-order valence-corrected chi connectivity index (χ1v) is 7.58. The summed E-state index contributed by atoms with van der Waals surface area (Å²) in [4.78, 5) is 25.1. The molecule has 1 amide bonds. The lowest BCUT2D eigenvalue weighted by atomic mass is 10.1. The van der Waals surface area contributed by atoms with Crippen LogP contribution in [0.15, 0.2) is 36.5 Å². The summed E-state index contributed by atoms with van der Waals surface area (Å²) in [6.07, 6.45) is 2.75. The van der Waals surface area contributed by atoms with E-state index in [0.717, 1.165) is 12.1 Å². The fourth-order valence-electron chi connectivity index (χ4n) is 2.50. The largest absolute Gasteiger partial charge is 0.353 e. The van der Waals surface area contributed by atoms with Crippen LogP contribution in [0.1, 0.15) is 35.0 Å². The number of nitro groups is 1. The molecule has 0 saturated heterocycles. The Labute approximate surface area is 135 Å². The maximum atomic E-state index is 12.8. The van der Waals surface area contributed by atoms with Crippen molar-refractivity contribution in [3.8, 4) is 0 Å². The molecule has 0 N–H and O–H groups in total. The van der Waals surface area contributed by atoms with Crippen LogP contribution in [0.4, 0.5) is 5.69 Å². The second-order valence-corrected chi connectivity index (χ2v) is 5.60. The van der Waals surface area contributed by atoms with Gasteiger partial charge in [-0.1, -0.05) is 13.0 Å². The Balaban J connectivity index is 2.29. The van der Waals surface area contributed by atoms with Gasteiger partial charge in [0.1, 0.15) is 0 Å². The van der Waals surface area contributed by atoms with Crippen LogP contribution in [-0.4, -0.2) is 26.8 Å². The van der Waals surface area contributed by atoms with Crippen molar-refractivity contribution in [3.05, 3.63) is 63.5 Å². The molecule has 0 radical (unpaired) electrons. The van der Waals surface area contributed by atoms with Crippen LogP contribution in [0, 0.1) is 17.0 Å². The zero-order valence-corrected chi connectivity index (χ0v) is 13.7. The van der Waals surface area contributed by atoms with Crippen LogP contribution in [0.3, 0.4) is 0 Å². The normalized spacial score (nSPS) is 10.6. The predicted octanol–water partition coefficient (Wildman–Crippen LogP) is 3.29. The molecule has 1 heterocycles. The minimum absolute atomic E-state index is 0.0221. The van der Waals surface area contributed by atoms with Gasteiger partial charge in [-0.2, -0.15) is 0 Å². The molecule has 0 atom stereocenters. The molecule has 0 aliphatic carbocycles. The summed E-state index contributed by atoms with van der Waals surface area (Å²) in [6, 6.07) is 8.54. The van der Waals surface area contributed by atoms with Crippen LogP contribution in [0.2, 0.25) is 0 Å². The Morgan fingerprint density at radius 1 is 1.35 bits per heavy atom. The second kappa shape index (κ2) is 7.09. The Morgan fingerprint density at radius 2 is 2.09 bits per heavy atom. The molecule has 122 valence electrons. The number of rotatable bonds is 6. The van der Waals surface area contributed by atoms with Crippen molar-refractivity contribution in [1.29, 1.82) is 0 Å². The summed E-state index contributed by atoms with van der Waals surface area (Å²) in [7, 11) is 1.93. The lowest BCUT2D eigenvalue weighted by molar-refractivity contribution is -0.385. The van der Waals surface area contributed by atoms with E-state index in [1.165, 1.54) is 6.07 Å². The van der Waals surface area contributed by atoms with Crippen molar-refractivity contribution in [2.24, 2.45) is 7.05 Å². The summed E-state index contributed by atoms with van der Waals surface area (Å²) >= 11 is 0. The molecule has 23 heavy (non-hydrogen) atoms. The Morgan fingerprint density at radius 3 is 2.65 bits per heavy atom. The van der Waals surface area contributed by atoms with Gasteiger partial charge in [-0.25, -0.2) is 0 Å². The second-order valence-electron chi connectivity index (χ2n) is 5.60. The highest BCUT2D eigenvalue weighted by molar-refractivity contribution is 5.95. The first-order valence-electron chi connectivity index (χ1n) is 7.58. The third kappa shape index (κ3) is 3.77. The molecular weight excluding hydrogens is 294 g/mol. The van der Waals surface area contributed by atoms with E-state index in [-0.39, 0.29) is 11.6 Å². The predicted molar refractivity (Wildman–Crippen MR) is 88.3 cm³/mol. The average molecular weight is 315 g/mol. The van der Waals surface area contributed by atoms with Gasteiger partial charge in [-0.3, -0.25) is 14.9 Å². The monoisotopic (exact) mass is 315 g/mol. The van der Waals surface area contributed by atoms with Gasteiger partial charge in [-0.15, -0.1) is 0 Å². The van der Waals surface area contributed by atoms with Crippen molar-refractivity contribution >= 4 is 11.6 Å². The summed E-state index contributed by atoms with van der Waals surface area (Å²) < 4.78 is 1.97. The number of amides is 1. The van der Waals surface area contributed by atoms with Crippen molar-refractivity contribution in [2.75, 3.05) is 6.54 Å². The van der Waals surface area contributed by atoms with E-state index in [9.17, 15) is 14.9 Å². The molecule has 0 spiro atoms. The smallest absolute Gasteiger partial charge is 0.273 e. The standard InChI is InChI=1S/C17H21N3O3/c1-4-9-19(12-15-6-5-10-18(15)3)17(21)14-8-7-13(2)16(11-14)20(22)23/h5-8,10-11H,4,9,12H2,1-3H3. The number of aryl methyl sites for hydroxylation is 2. The summed E-state index contributed by atoms with van der Waals surface area (Å²) in [5, 5.41) is 11.1. The molecule has 0 bridgehead atoms. The Kier molecular flexibility index (Phi) is 5.16. The quantitative estimate of drug-likeness (QED) is 0.606. The van der Waals surface area contributed by atoms with Crippen LogP contribution >= 0.6 is 0 Å². The van der Waals surface area contributed by atoms with E-state index in [2.05, 4.69) is 0 Å². The number of carbonyl (C=O) groups excluding carboxylic acids is 1.